The fourth-order valence-corrected chi connectivity index (χ4v) is 2.28. The molecule has 1 atom stereocenters. The van der Waals surface area contributed by atoms with Gasteiger partial charge in [0.2, 0.25) is 0 Å². The number of halogens is 2. The van der Waals surface area contributed by atoms with Gasteiger partial charge in [-0.3, -0.25) is 0 Å². The Bertz CT molecular complexity index is 615. The highest BCUT2D eigenvalue weighted by Gasteiger charge is 2.09. The minimum atomic E-state index is -0.265. The predicted molar refractivity (Wildman–Crippen MR) is 82.8 cm³/mol. The van der Waals surface area contributed by atoms with E-state index in [1.807, 2.05) is 25.2 Å². The van der Waals surface area contributed by atoms with E-state index in [2.05, 4.69) is 28.2 Å². The maximum absolute atomic E-state index is 13.5. The number of hydrogen-bond acceptors (Lipinski definition) is 2. The molecule has 2 nitrogen and oxygen atoms in total. The average Bonchev–Trinajstić information content (AvgIpc) is 2.44. The van der Waals surface area contributed by atoms with Crippen LogP contribution in [0.25, 0.3) is 0 Å². The van der Waals surface area contributed by atoms with Crippen LogP contribution in [0.4, 0.5) is 4.39 Å². The smallest absolute Gasteiger partial charge is 0.141 e. The molecule has 0 aromatic heterocycles. The van der Waals surface area contributed by atoms with Gasteiger partial charge in [0.15, 0.2) is 0 Å². The van der Waals surface area contributed by atoms with Crippen LogP contribution in [0, 0.1) is 12.7 Å². The van der Waals surface area contributed by atoms with Gasteiger partial charge in [-0.1, -0.05) is 12.1 Å². The minimum Gasteiger partial charge on any atom is -0.456 e. The Morgan fingerprint density at radius 1 is 1.20 bits per heavy atom. The highest BCUT2D eigenvalue weighted by atomic mass is 79.9. The van der Waals surface area contributed by atoms with E-state index in [1.165, 1.54) is 6.07 Å². The zero-order valence-corrected chi connectivity index (χ0v) is 13.3. The van der Waals surface area contributed by atoms with Crippen LogP contribution in [0.2, 0.25) is 0 Å². The zero-order chi connectivity index (χ0) is 14.7. The molecule has 0 heterocycles. The van der Waals surface area contributed by atoms with E-state index in [4.69, 9.17) is 4.74 Å². The van der Waals surface area contributed by atoms with Gasteiger partial charge in [-0.05, 0) is 66.2 Å². The molecule has 0 fully saturated rings. The van der Waals surface area contributed by atoms with Crippen molar-refractivity contribution in [1.82, 2.24) is 5.32 Å². The molecule has 2 rings (SSSR count). The van der Waals surface area contributed by atoms with Crippen LogP contribution in [0.15, 0.2) is 40.9 Å². The van der Waals surface area contributed by atoms with Crippen LogP contribution < -0.4 is 10.1 Å². The van der Waals surface area contributed by atoms with E-state index in [0.717, 1.165) is 10.0 Å². The summed E-state index contributed by atoms with van der Waals surface area (Å²) in [5, 5.41) is 3.18. The van der Waals surface area contributed by atoms with Gasteiger partial charge in [0.1, 0.15) is 17.3 Å². The van der Waals surface area contributed by atoms with Crippen molar-refractivity contribution in [2.45, 2.75) is 19.9 Å². The molecule has 0 spiro atoms. The van der Waals surface area contributed by atoms with Gasteiger partial charge in [-0.15, -0.1) is 0 Å². The molecule has 106 valence electrons. The lowest BCUT2D eigenvalue weighted by Gasteiger charge is -2.13. The second kappa shape index (κ2) is 6.37. The quantitative estimate of drug-likeness (QED) is 0.850. The fraction of sp³-hybridized carbons (Fsp3) is 0.250. The van der Waals surface area contributed by atoms with Crippen LogP contribution in [-0.4, -0.2) is 7.05 Å². The first-order chi connectivity index (χ1) is 9.51. The summed E-state index contributed by atoms with van der Waals surface area (Å²) in [5.74, 6) is 0.891. The van der Waals surface area contributed by atoms with Gasteiger partial charge in [0, 0.05) is 12.1 Å². The van der Waals surface area contributed by atoms with Crippen LogP contribution >= 0.6 is 15.9 Å². The number of hydrogen-bond donors (Lipinski definition) is 1. The Morgan fingerprint density at radius 2 is 1.95 bits per heavy atom. The third-order valence-electron chi connectivity index (χ3n) is 3.26. The Kier molecular flexibility index (Phi) is 4.78. The summed E-state index contributed by atoms with van der Waals surface area (Å²) in [6.45, 7) is 3.81. The van der Waals surface area contributed by atoms with Gasteiger partial charge < -0.3 is 10.1 Å². The van der Waals surface area contributed by atoms with Gasteiger partial charge in [-0.25, -0.2) is 4.39 Å². The van der Waals surface area contributed by atoms with Crippen molar-refractivity contribution < 1.29 is 9.13 Å². The molecule has 4 heteroatoms. The molecule has 0 aliphatic carbocycles. The second-order valence-corrected chi connectivity index (χ2v) is 5.57. The SMILES string of the molecule is CNC(C)c1ccc(Oc2ccc(C)c(F)c2)c(Br)c1. The molecular weight excluding hydrogens is 321 g/mol. The van der Waals surface area contributed by atoms with E-state index in [0.29, 0.717) is 17.1 Å². The highest BCUT2D eigenvalue weighted by molar-refractivity contribution is 9.10. The molecule has 2 aromatic carbocycles. The van der Waals surface area contributed by atoms with Crippen molar-refractivity contribution in [3.8, 4) is 11.5 Å². The van der Waals surface area contributed by atoms with Gasteiger partial charge in [0.05, 0.1) is 4.47 Å². The molecule has 0 amide bonds. The fourth-order valence-electron chi connectivity index (χ4n) is 1.80. The maximum Gasteiger partial charge on any atom is 0.141 e. The predicted octanol–water partition coefficient (Wildman–Crippen LogP) is 4.97. The minimum absolute atomic E-state index is 0.261. The Balaban J connectivity index is 2.23. The van der Waals surface area contributed by atoms with Crippen LogP contribution in [0.3, 0.4) is 0 Å². The summed E-state index contributed by atoms with van der Waals surface area (Å²) in [4.78, 5) is 0. The third kappa shape index (κ3) is 3.38. The normalized spacial score (nSPS) is 12.2. The summed E-state index contributed by atoms with van der Waals surface area (Å²) in [5.41, 5.74) is 1.76. The van der Waals surface area contributed by atoms with E-state index in [-0.39, 0.29) is 11.9 Å². The van der Waals surface area contributed by atoms with Crippen molar-refractivity contribution in [3.05, 3.63) is 57.8 Å². The lowest BCUT2D eigenvalue weighted by Crippen LogP contribution is -2.12. The molecule has 1 N–H and O–H groups in total. The molecule has 0 aliphatic rings. The lowest BCUT2D eigenvalue weighted by atomic mass is 10.1. The van der Waals surface area contributed by atoms with E-state index < -0.39 is 0 Å². The number of ether oxygens (including phenoxy) is 1. The van der Waals surface area contributed by atoms with E-state index in [1.54, 1.807) is 19.1 Å². The van der Waals surface area contributed by atoms with Crippen LogP contribution in [0.5, 0.6) is 11.5 Å². The second-order valence-electron chi connectivity index (χ2n) is 4.71. The number of rotatable bonds is 4. The van der Waals surface area contributed by atoms with Crippen molar-refractivity contribution >= 4 is 15.9 Å². The standard InChI is InChI=1S/C16H17BrFNO/c1-10-4-6-13(9-15(10)18)20-16-7-5-12(8-14(16)17)11(2)19-3/h4-9,11,19H,1-3H3. The van der Waals surface area contributed by atoms with E-state index in [9.17, 15) is 4.39 Å². The molecule has 0 radical (unpaired) electrons. The van der Waals surface area contributed by atoms with Gasteiger partial charge in [0.25, 0.3) is 0 Å². The molecule has 0 saturated heterocycles. The molecular formula is C16H17BrFNO. The molecule has 2 aromatic rings. The third-order valence-corrected chi connectivity index (χ3v) is 3.88. The van der Waals surface area contributed by atoms with Crippen LogP contribution in [0.1, 0.15) is 24.1 Å². The zero-order valence-electron chi connectivity index (χ0n) is 11.7. The maximum atomic E-state index is 13.5. The summed E-state index contributed by atoms with van der Waals surface area (Å²) in [6, 6.07) is 11.0. The highest BCUT2D eigenvalue weighted by Crippen LogP contribution is 2.32. The molecule has 20 heavy (non-hydrogen) atoms. The van der Waals surface area contributed by atoms with E-state index >= 15 is 0 Å². The molecule has 0 saturated carbocycles. The van der Waals surface area contributed by atoms with Crippen molar-refractivity contribution in [3.63, 3.8) is 0 Å². The average molecular weight is 338 g/mol. The van der Waals surface area contributed by atoms with Gasteiger partial charge >= 0.3 is 0 Å². The molecule has 0 bridgehead atoms. The summed E-state index contributed by atoms with van der Waals surface area (Å²) < 4.78 is 20.0. The Morgan fingerprint density at radius 3 is 2.55 bits per heavy atom. The number of benzene rings is 2. The molecule has 0 aliphatic heterocycles. The molecule has 1 unspecified atom stereocenters. The largest absolute Gasteiger partial charge is 0.456 e. The topological polar surface area (TPSA) is 21.3 Å². The number of aryl methyl sites for hydroxylation is 1. The Labute approximate surface area is 127 Å². The Hall–Kier alpha value is -1.39. The lowest BCUT2D eigenvalue weighted by molar-refractivity contribution is 0.472. The van der Waals surface area contributed by atoms with Crippen molar-refractivity contribution in [2.75, 3.05) is 7.05 Å². The summed E-state index contributed by atoms with van der Waals surface area (Å²) in [6.07, 6.45) is 0. The summed E-state index contributed by atoms with van der Waals surface area (Å²) >= 11 is 3.49. The number of nitrogens with one attached hydrogen (secondary N) is 1. The monoisotopic (exact) mass is 337 g/mol. The van der Waals surface area contributed by atoms with Crippen molar-refractivity contribution in [2.24, 2.45) is 0 Å². The first-order valence-corrected chi connectivity index (χ1v) is 7.21. The van der Waals surface area contributed by atoms with Crippen molar-refractivity contribution in [1.29, 1.82) is 0 Å². The summed E-state index contributed by atoms with van der Waals surface area (Å²) in [7, 11) is 1.91. The van der Waals surface area contributed by atoms with Gasteiger partial charge in [-0.2, -0.15) is 0 Å². The first-order valence-electron chi connectivity index (χ1n) is 6.42. The first kappa shape index (κ1) is 15.0. The van der Waals surface area contributed by atoms with Crippen LogP contribution in [-0.2, 0) is 0 Å².